The normalized spacial score (nSPS) is 11.8. The third-order valence-electron chi connectivity index (χ3n) is 2.08. The maximum atomic E-state index is 5.92. The smallest absolute Gasteiger partial charge is 0.0592 e. The molecule has 1 aromatic heterocycles. The number of nitrogens with zero attached hydrogens (tertiary/aromatic N) is 1. The van der Waals surface area contributed by atoms with E-state index in [1.54, 1.807) is 6.20 Å². The highest BCUT2D eigenvalue weighted by atomic mass is 35.5. The Balaban J connectivity index is 3.24. The van der Waals surface area contributed by atoms with E-state index in [0.717, 1.165) is 17.1 Å². The summed E-state index contributed by atoms with van der Waals surface area (Å²) in [6.07, 6.45) is 2.68. The molecule has 0 bridgehead atoms. The summed E-state index contributed by atoms with van der Waals surface area (Å²) in [6, 6.07) is 2.02. The molecule has 72 valence electrons. The van der Waals surface area contributed by atoms with Gasteiger partial charge in [-0.1, -0.05) is 39.3 Å². The van der Waals surface area contributed by atoms with Crippen LogP contribution in [-0.2, 0) is 11.8 Å². The molecule has 0 atom stereocenters. The van der Waals surface area contributed by atoms with E-state index in [-0.39, 0.29) is 5.41 Å². The third-order valence-corrected chi connectivity index (χ3v) is 2.29. The molecule has 0 amide bonds. The number of halogens is 1. The molecular weight excluding hydrogens is 182 g/mol. The first-order valence-electron chi connectivity index (χ1n) is 4.60. The Bertz CT molecular complexity index is 299. The van der Waals surface area contributed by atoms with Crippen molar-refractivity contribution in [3.8, 4) is 0 Å². The minimum absolute atomic E-state index is 0.128. The zero-order valence-electron chi connectivity index (χ0n) is 8.69. The lowest BCUT2D eigenvalue weighted by atomic mass is 9.85. The van der Waals surface area contributed by atoms with Crippen molar-refractivity contribution in [3.05, 3.63) is 28.5 Å². The fraction of sp³-hybridized carbons (Fsp3) is 0.545. The lowest BCUT2D eigenvalue weighted by molar-refractivity contribution is 0.578. The van der Waals surface area contributed by atoms with Gasteiger partial charge in [-0.2, -0.15) is 0 Å². The molecule has 0 aliphatic heterocycles. The minimum Gasteiger partial charge on any atom is -0.259 e. The molecule has 0 radical (unpaired) electrons. The molecule has 0 saturated heterocycles. The number of hydrogen-bond acceptors (Lipinski definition) is 1. The third kappa shape index (κ3) is 2.44. The van der Waals surface area contributed by atoms with Crippen LogP contribution in [0.2, 0.25) is 5.02 Å². The summed E-state index contributed by atoms with van der Waals surface area (Å²) in [5.74, 6) is 0. The van der Waals surface area contributed by atoms with Gasteiger partial charge in [0.15, 0.2) is 0 Å². The largest absolute Gasteiger partial charge is 0.259 e. The Morgan fingerprint density at radius 1 is 1.38 bits per heavy atom. The van der Waals surface area contributed by atoms with E-state index < -0.39 is 0 Å². The van der Waals surface area contributed by atoms with Crippen molar-refractivity contribution in [2.75, 3.05) is 0 Å². The second-order valence-corrected chi connectivity index (χ2v) is 4.69. The lowest BCUT2D eigenvalue weighted by Gasteiger charge is -2.21. The van der Waals surface area contributed by atoms with Crippen LogP contribution in [0.5, 0.6) is 0 Å². The number of aryl methyl sites for hydroxylation is 1. The van der Waals surface area contributed by atoms with Gasteiger partial charge in [0.1, 0.15) is 0 Å². The van der Waals surface area contributed by atoms with Crippen LogP contribution in [-0.4, -0.2) is 4.98 Å². The highest BCUT2D eigenvalue weighted by Crippen LogP contribution is 2.27. The van der Waals surface area contributed by atoms with E-state index in [9.17, 15) is 0 Å². The molecule has 13 heavy (non-hydrogen) atoms. The quantitative estimate of drug-likeness (QED) is 0.671. The molecule has 1 nitrogen and oxygen atoms in total. The molecule has 0 aliphatic carbocycles. The summed E-state index contributed by atoms with van der Waals surface area (Å²) < 4.78 is 0. The van der Waals surface area contributed by atoms with Gasteiger partial charge in [-0.15, -0.1) is 0 Å². The van der Waals surface area contributed by atoms with Gasteiger partial charge in [-0.3, -0.25) is 4.98 Å². The second-order valence-electron chi connectivity index (χ2n) is 4.25. The Hall–Kier alpha value is -0.560. The van der Waals surface area contributed by atoms with Gasteiger partial charge in [0.25, 0.3) is 0 Å². The summed E-state index contributed by atoms with van der Waals surface area (Å²) in [5.41, 5.74) is 2.53. The summed E-state index contributed by atoms with van der Waals surface area (Å²) in [7, 11) is 0. The van der Waals surface area contributed by atoms with Crippen LogP contribution in [0.4, 0.5) is 0 Å². The summed E-state index contributed by atoms with van der Waals surface area (Å²) in [4.78, 5) is 4.33. The topological polar surface area (TPSA) is 12.9 Å². The molecule has 1 heterocycles. The highest BCUT2D eigenvalue weighted by molar-refractivity contribution is 6.30. The molecule has 2 heteroatoms. The first-order valence-corrected chi connectivity index (χ1v) is 4.98. The van der Waals surface area contributed by atoms with Crippen molar-refractivity contribution >= 4 is 11.6 Å². The van der Waals surface area contributed by atoms with Crippen LogP contribution in [0.15, 0.2) is 12.3 Å². The van der Waals surface area contributed by atoms with E-state index in [1.807, 2.05) is 6.07 Å². The Morgan fingerprint density at radius 3 is 2.46 bits per heavy atom. The first kappa shape index (κ1) is 10.5. The number of hydrogen-bond donors (Lipinski definition) is 0. The molecule has 0 fully saturated rings. The predicted octanol–water partition coefficient (Wildman–Crippen LogP) is 3.59. The summed E-state index contributed by atoms with van der Waals surface area (Å²) >= 11 is 5.92. The summed E-state index contributed by atoms with van der Waals surface area (Å²) in [6.45, 7) is 8.66. The Kier molecular flexibility index (Phi) is 2.97. The molecule has 1 aromatic rings. The van der Waals surface area contributed by atoms with Gasteiger partial charge in [-0.05, 0) is 23.5 Å². The molecule has 0 unspecified atom stereocenters. The summed E-state index contributed by atoms with van der Waals surface area (Å²) in [5, 5.41) is 0.724. The average molecular weight is 198 g/mol. The monoisotopic (exact) mass is 197 g/mol. The van der Waals surface area contributed by atoms with Gasteiger partial charge < -0.3 is 0 Å². The molecule has 0 aliphatic rings. The molecule has 0 spiro atoms. The molecule has 0 saturated carbocycles. The second kappa shape index (κ2) is 3.67. The number of rotatable bonds is 1. The van der Waals surface area contributed by atoms with Crippen molar-refractivity contribution in [1.29, 1.82) is 0 Å². The Labute approximate surface area is 85.1 Å². The van der Waals surface area contributed by atoms with Crippen LogP contribution in [0, 0.1) is 0 Å². The zero-order chi connectivity index (χ0) is 10.1. The zero-order valence-corrected chi connectivity index (χ0v) is 9.44. The van der Waals surface area contributed by atoms with Crippen LogP contribution in [0.3, 0.4) is 0 Å². The van der Waals surface area contributed by atoms with E-state index in [1.165, 1.54) is 5.56 Å². The average Bonchev–Trinajstić information content (AvgIpc) is 2.03. The molecule has 1 rings (SSSR count). The number of aromatic nitrogens is 1. The van der Waals surface area contributed by atoms with Crippen LogP contribution >= 0.6 is 11.6 Å². The van der Waals surface area contributed by atoms with E-state index in [0.29, 0.717) is 0 Å². The fourth-order valence-corrected chi connectivity index (χ4v) is 1.56. The van der Waals surface area contributed by atoms with Gasteiger partial charge in [0.2, 0.25) is 0 Å². The first-order chi connectivity index (χ1) is 5.95. The van der Waals surface area contributed by atoms with Crippen molar-refractivity contribution in [2.24, 2.45) is 0 Å². The number of pyridine rings is 1. The minimum atomic E-state index is 0.128. The fourth-order valence-electron chi connectivity index (χ4n) is 1.40. The van der Waals surface area contributed by atoms with Gasteiger partial charge in [-0.25, -0.2) is 0 Å². The van der Waals surface area contributed by atoms with Gasteiger partial charge in [0.05, 0.1) is 5.02 Å². The predicted molar refractivity (Wildman–Crippen MR) is 57.3 cm³/mol. The van der Waals surface area contributed by atoms with Crippen molar-refractivity contribution in [3.63, 3.8) is 0 Å². The van der Waals surface area contributed by atoms with Gasteiger partial charge >= 0.3 is 0 Å². The van der Waals surface area contributed by atoms with Crippen LogP contribution in [0.25, 0.3) is 0 Å². The van der Waals surface area contributed by atoms with Crippen LogP contribution < -0.4 is 0 Å². The van der Waals surface area contributed by atoms with Gasteiger partial charge in [0, 0.05) is 11.9 Å². The van der Waals surface area contributed by atoms with Crippen LogP contribution in [0.1, 0.15) is 39.0 Å². The maximum absolute atomic E-state index is 5.92. The molecule has 0 N–H and O–H groups in total. The van der Waals surface area contributed by atoms with E-state index in [2.05, 4.69) is 32.7 Å². The van der Waals surface area contributed by atoms with Crippen molar-refractivity contribution < 1.29 is 0 Å². The molecular formula is C11H16ClN. The van der Waals surface area contributed by atoms with Crippen molar-refractivity contribution in [2.45, 2.75) is 39.5 Å². The standard InChI is InChI=1S/C11H16ClN/c1-5-10-9(11(2,3)4)6-8(12)7-13-10/h6-7H,5H2,1-4H3. The molecule has 0 aromatic carbocycles. The SMILES string of the molecule is CCc1ncc(Cl)cc1C(C)(C)C. The highest BCUT2D eigenvalue weighted by Gasteiger charge is 2.18. The lowest BCUT2D eigenvalue weighted by Crippen LogP contribution is -2.15. The Morgan fingerprint density at radius 2 is 2.00 bits per heavy atom. The van der Waals surface area contributed by atoms with E-state index >= 15 is 0 Å². The van der Waals surface area contributed by atoms with E-state index in [4.69, 9.17) is 11.6 Å². The maximum Gasteiger partial charge on any atom is 0.0592 e. The van der Waals surface area contributed by atoms with Crippen molar-refractivity contribution in [1.82, 2.24) is 4.98 Å².